The summed E-state index contributed by atoms with van der Waals surface area (Å²) in [6.45, 7) is 6.17. The Bertz CT molecular complexity index is 937. The molecule has 0 aromatic heterocycles. The fraction of sp³-hybridized carbons (Fsp3) is 0.571. The standard InChI is InChI=1S/C18H23BrClF2N5O.C3H9NOS/c1-2-25-7-10-5-12(20)8-26-17(10)28-14-4-3-13(16(23)15(14)19)27(24)9-11-6-18(11,21)22;1-3-4-6(2)5/h3-4,8,11-12,25H,2,5-7,9,23-24H2,1H3;4H,3H2,1-2H3. The number of hydrogen-bond donors (Lipinski definition) is 4. The summed E-state index contributed by atoms with van der Waals surface area (Å²) in [5.41, 5.74) is 7.89. The van der Waals surface area contributed by atoms with E-state index in [1.807, 2.05) is 13.8 Å². The van der Waals surface area contributed by atoms with Crippen LogP contribution in [0.15, 0.2) is 33.1 Å². The van der Waals surface area contributed by atoms with Crippen LogP contribution in [-0.2, 0) is 11.0 Å². The van der Waals surface area contributed by atoms with E-state index >= 15 is 0 Å². The van der Waals surface area contributed by atoms with Crippen LogP contribution in [0.5, 0.6) is 5.75 Å². The maximum Gasteiger partial charge on any atom is 0.253 e. The molecule has 1 heterocycles. The number of anilines is 2. The molecule has 34 heavy (non-hydrogen) atoms. The van der Waals surface area contributed by atoms with Crippen molar-refractivity contribution in [1.82, 2.24) is 10.0 Å². The first-order valence-electron chi connectivity index (χ1n) is 10.8. The number of halogens is 4. The van der Waals surface area contributed by atoms with Gasteiger partial charge in [0.15, 0.2) is 0 Å². The highest BCUT2D eigenvalue weighted by Crippen LogP contribution is 2.49. The van der Waals surface area contributed by atoms with Gasteiger partial charge in [-0.05, 0) is 41.0 Å². The molecule has 1 aromatic rings. The van der Waals surface area contributed by atoms with Gasteiger partial charge in [0.1, 0.15) is 5.75 Å². The molecule has 8 nitrogen and oxygen atoms in total. The number of nitrogens with one attached hydrogen (secondary N) is 2. The summed E-state index contributed by atoms with van der Waals surface area (Å²) < 4.78 is 45.5. The zero-order valence-electron chi connectivity index (χ0n) is 19.4. The number of hydrazine groups is 1. The minimum atomic E-state index is -2.64. The van der Waals surface area contributed by atoms with Gasteiger partial charge in [-0.15, -0.1) is 11.6 Å². The van der Waals surface area contributed by atoms with Gasteiger partial charge in [-0.25, -0.2) is 28.5 Å². The van der Waals surface area contributed by atoms with Crippen LogP contribution in [0, 0.1) is 5.92 Å². The molecular weight excluding hydrogens is 554 g/mol. The highest BCUT2D eigenvalue weighted by atomic mass is 79.9. The van der Waals surface area contributed by atoms with Crippen LogP contribution in [0.3, 0.4) is 0 Å². The molecule has 2 aliphatic rings. The van der Waals surface area contributed by atoms with E-state index in [1.54, 1.807) is 24.6 Å². The molecule has 1 saturated carbocycles. The SMILES string of the molecule is CCNCC1=C(Oc2ccc(N(N)CC3CC3(F)F)c(N)c2Br)N=CC(Cl)C1.CCNS(C)=O. The van der Waals surface area contributed by atoms with Crippen molar-refractivity contribution in [2.45, 2.75) is 38.0 Å². The van der Waals surface area contributed by atoms with Crippen LogP contribution >= 0.6 is 27.5 Å². The fourth-order valence-electron chi connectivity index (χ4n) is 3.14. The number of likely N-dealkylation sites (N-methyl/N-ethyl adjacent to an activating group) is 1. The van der Waals surface area contributed by atoms with E-state index in [1.165, 1.54) is 5.01 Å². The van der Waals surface area contributed by atoms with Gasteiger partial charge in [0.25, 0.3) is 5.92 Å². The van der Waals surface area contributed by atoms with Crippen molar-refractivity contribution in [2.75, 3.05) is 43.2 Å². The summed E-state index contributed by atoms with van der Waals surface area (Å²) in [6.07, 6.45) is 3.73. The number of ether oxygens (including phenoxy) is 1. The maximum absolute atomic E-state index is 13.2. The molecule has 192 valence electrons. The lowest BCUT2D eigenvalue weighted by Gasteiger charge is -2.23. The molecule has 3 rings (SSSR count). The van der Waals surface area contributed by atoms with E-state index in [-0.39, 0.29) is 18.3 Å². The number of aliphatic imine (C=N–C) groups is 1. The van der Waals surface area contributed by atoms with Gasteiger partial charge >= 0.3 is 0 Å². The van der Waals surface area contributed by atoms with Crippen molar-refractivity contribution >= 4 is 56.1 Å². The van der Waals surface area contributed by atoms with E-state index in [4.69, 9.17) is 27.9 Å². The Morgan fingerprint density at radius 1 is 1.38 bits per heavy atom. The predicted octanol–water partition coefficient (Wildman–Crippen LogP) is 3.54. The second-order valence-electron chi connectivity index (χ2n) is 7.87. The third-order valence-corrected chi connectivity index (χ3v) is 6.82. The molecule has 3 atom stereocenters. The van der Waals surface area contributed by atoms with Crippen molar-refractivity contribution in [3.05, 3.63) is 28.1 Å². The molecule has 1 aliphatic carbocycles. The Morgan fingerprint density at radius 3 is 2.59 bits per heavy atom. The van der Waals surface area contributed by atoms with E-state index < -0.39 is 22.8 Å². The number of nitrogen functional groups attached to an aromatic ring is 1. The fourth-order valence-corrected chi connectivity index (χ4v) is 4.21. The van der Waals surface area contributed by atoms with E-state index in [2.05, 4.69) is 31.0 Å². The summed E-state index contributed by atoms with van der Waals surface area (Å²) in [6, 6.07) is 3.33. The lowest BCUT2D eigenvalue weighted by Crippen LogP contribution is -2.34. The number of nitrogens with two attached hydrogens (primary N) is 2. The van der Waals surface area contributed by atoms with Crippen molar-refractivity contribution in [1.29, 1.82) is 0 Å². The Labute approximate surface area is 215 Å². The van der Waals surface area contributed by atoms with Gasteiger partial charge in [-0.3, -0.25) is 0 Å². The average Bonchev–Trinajstić information content (AvgIpc) is 3.37. The zero-order valence-corrected chi connectivity index (χ0v) is 22.6. The number of alkyl halides is 3. The first-order chi connectivity index (χ1) is 16.0. The van der Waals surface area contributed by atoms with Crippen LogP contribution in [0.4, 0.5) is 20.2 Å². The molecule has 0 saturated heterocycles. The van der Waals surface area contributed by atoms with E-state index in [0.717, 1.165) is 18.7 Å². The van der Waals surface area contributed by atoms with Gasteiger partial charge in [0, 0.05) is 50.0 Å². The van der Waals surface area contributed by atoms with Gasteiger partial charge in [-0.1, -0.05) is 13.8 Å². The molecule has 0 bridgehead atoms. The normalized spacial score (nSPS) is 21.5. The third-order valence-electron chi connectivity index (χ3n) is 5.04. The average molecular weight is 586 g/mol. The van der Waals surface area contributed by atoms with Crippen LogP contribution in [0.1, 0.15) is 26.7 Å². The van der Waals surface area contributed by atoms with Crippen LogP contribution < -0.4 is 31.4 Å². The second-order valence-corrected chi connectivity index (χ2v) is 10.4. The maximum atomic E-state index is 13.2. The van der Waals surface area contributed by atoms with Crippen molar-refractivity contribution < 1.29 is 17.7 Å². The molecule has 0 spiro atoms. The molecule has 1 fully saturated rings. The number of nitrogens with zero attached hydrogens (tertiary/aromatic N) is 2. The number of hydrogen-bond acceptors (Lipinski definition) is 7. The molecule has 1 aromatic carbocycles. The van der Waals surface area contributed by atoms with Crippen LogP contribution in [0.2, 0.25) is 0 Å². The summed E-state index contributed by atoms with van der Waals surface area (Å²) in [4.78, 5) is 4.31. The van der Waals surface area contributed by atoms with Gasteiger partial charge in [-0.2, -0.15) is 0 Å². The van der Waals surface area contributed by atoms with Crippen molar-refractivity contribution in [3.8, 4) is 5.75 Å². The van der Waals surface area contributed by atoms with E-state index in [0.29, 0.717) is 40.4 Å². The minimum Gasteiger partial charge on any atom is -0.438 e. The third kappa shape index (κ3) is 8.42. The molecule has 13 heteroatoms. The largest absolute Gasteiger partial charge is 0.438 e. The summed E-state index contributed by atoms with van der Waals surface area (Å²) in [7, 11) is -0.816. The highest BCUT2D eigenvalue weighted by molar-refractivity contribution is 9.10. The van der Waals surface area contributed by atoms with Gasteiger partial charge in [0.05, 0.1) is 32.2 Å². The summed E-state index contributed by atoms with van der Waals surface area (Å²) in [5, 5.41) is 4.32. The Morgan fingerprint density at radius 2 is 2.06 bits per heavy atom. The highest BCUT2D eigenvalue weighted by Gasteiger charge is 2.57. The van der Waals surface area contributed by atoms with Crippen molar-refractivity contribution in [3.63, 3.8) is 0 Å². The predicted molar refractivity (Wildman–Crippen MR) is 140 cm³/mol. The van der Waals surface area contributed by atoms with Gasteiger partial charge < -0.3 is 20.8 Å². The number of rotatable bonds is 10. The molecule has 0 radical (unpaired) electrons. The first-order valence-corrected chi connectivity index (χ1v) is 13.6. The van der Waals surface area contributed by atoms with Crippen LogP contribution in [-0.4, -0.2) is 54.2 Å². The molecule has 1 aliphatic heterocycles. The summed E-state index contributed by atoms with van der Waals surface area (Å²) in [5.74, 6) is 3.50. The van der Waals surface area contributed by atoms with E-state index in [9.17, 15) is 13.0 Å². The quantitative estimate of drug-likeness (QED) is 0.144. The lowest BCUT2D eigenvalue weighted by atomic mass is 10.1. The molecule has 6 N–H and O–H groups in total. The van der Waals surface area contributed by atoms with Gasteiger partial charge in [0.2, 0.25) is 5.88 Å². The van der Waals surface area contributed by atoms with Crippen molar-refractivity contribution in [2.24, 2.45) is 16.8 Å². The summed E-state index contributed by atoms with van der Waals surface area (Å²) >= 11 is 9.59. The monoisotopic (exact) mass is 584 g/mol. The lowest BCUT2D eigenvalue weighted by molar-refractivity contribution is 0.1000. The Hall–Kier alpha value is -1.31. The topological polar surface area (TPSA) is 118 Å². The number of benzene rings is 1. The van der Waals surface area contributed by atoms with Crippen LogP contribution in [0.25, 0.3) is 0 Å². The smallest absolute Gasteiger partial charge is 0.253 e. The second kappa shape index (κ2) is 13.1. The Balaban J connectivity index is 0.000000604. The minimum absolute atomic E-state index is 0.0310. The molecular formula is C21H32BrClF2N6O2S. The molecule has 3 unspecified atom stereocenters. The first kappa shape index (κ1) is 28.9. The molecule has 0 amide bonds. The Kier molecular flexibility index (Phi) is 11.2. The zero-order chi connectivity index (χ0) is 25.5.